The molecule has 3 nitrogen and oxygen atoms in total. The van der Waals surface area contributed by atoms with Gasteiger partial charge in [0.2, 0.25) is 12.8 Å². The molecule has 0 unspecified atom stereocenters. The van der Waals surface area contributed by atoms with Gasteiger partial charge in [-0.15, -0.1) is 0 Å². The van der Waals surface area contributed by atoms with Crippen LogP contribution in [0, 0.1) is 0 Å². The van der Waals surface area contributed by atoms with E-state index in [1.807, 2.05) is 0 Å². The zero-order chi connectivity index (χ0) is 8.24. The van der Waals surface area contributed by atoms with E-state index in [2.05, 4.69) is 13.8 Å². The summed E-state index contributed by atoms with van der Waals surface area (Å²) in [5.41, 5.74) is 0. The molecule has 0 aliphatic carbocycles. The lowest BCUT2D eigenvalue weighted by Crippen LogP contribution is -2.04. The monoisotopic (exact) mass is 145 g/mol. The van der Waals surface area contributed by atoms with Gasteiger partial charge in [-0.25, -0.2) is 0 Å². The second kappa shape index (κ2) is 15.7. The molecule has 10 heavy (non-hydrogen) atoms. The predicted molar refractivity (Wildman–Crippen MR) is 40.5 cm³/mol. The Hall–Kier alpha value is -0.860. The fraction of sp³-hybridized carbons (Fsp3) is 0.714. The molecule has 0 aromatic carbocycles. The van der Waals surface area contributed by atoms with Gasteiger partial charge in [-0.05, 0) is 0 Å². The standard InChI is InChI=1S/C5H12.C2H3NO2/c1-3-5-4-2;4-1-3-2-5/h3-5H2,1-2H3;1-2H,(H,3,4,5). The smallest absolute Gasteiger partial charge is 0.213 e. The number of rotatable bonds is 4. The van der Waals surface area contributed by atoms with Crippen molar-refractivity contribution in [3.05, 3.63) is 0 Å². The fourth-order valence-electron chi connectivity index (χ4n) is 0.381. The van der Waals surface area contributed by atoms with Gasteiger partial charge in [-0.1, -0.05) is 33.1 Å². The number of carbonyl (C=O) groups excluding carboxylic acids is 2. The van der Waals surface area contributed by atoms with Crippen molar-refractivity contribution in [3.8, 4) is 0 Å². The molecule has 0 aromatic rings. The van der Waals surface area contributed by atoms with Crippen molar-refractivity contribution in [1.82, 2.24) is 5.32 Å². The number of nitrogens with one attached hydrogen (secondary N) is 1. The van der Waals surface area contributed by atoms with Gasteiger partial charge in [-0.3, -0.25) is 9.59 Å². The zero-order valence-electron chi connectivity index (χ0n) is 6.59. The molecule has 0 spiro atoms. The summed E-state index contributed by atoms with van der Waals surface area (Å²) in [7, 11) is 0. The SMILES string of the molecule is CCCCC.O=CNC=O. The van der Waals surface area contributed by atoms with E-state index in [-0.39, 0.29) is 0 Å². The molecule has 60 valence electrons. The van der Waals surface area contributed by atoms with E-state index in [1.165, 1.54) is 19.3 Å². The van der Waals surface area contributed by atoms with Crippen molar-refractivity contribution < 1.29 is 9.59 Å². The molecule has 1 N–H and O–H groups in total. The molecule has 0 saturated carbocycles. The number of hydrogen-bond acceptors (Lipinski definition) is 2. The Kier molecular flexibility index (Phi) is 18.7. The summed E-state index contributed by atoms with van der Waals surface area (Å²) in [4.78, 5) is 18.1. The summed E-state index contributed by atoms with van der Waals surface area (Å²) in [5.74, 6) is 0. The van der Waals surface area contributed by atoms with Crippen molar-refractivity contribution >= 4 is 12.8 Å². The quantitative estimate of drug-likeness (QED) is 0.602. The maximum Gasteiger partial charge on any atom is 0.213 e. The highest BCUT2D eigenvalue weighted by molar-refractivity contribution is 5.67. The van der Waals surface area contributed by atoms with Crippen LogP contribution in [0.3, 0.4) is 0 Å². The van der Waals surface area contributed by atoms with E-state index in [1.54, 1.807) is 5.32 Å². The molecular formula is C7H15NO2. The summed E-state index contributed by atoms with van der Waals surface area (Å²) in [5, 5.41) is 1.75. The summed E-state index contributed by atoms with van der Waals surface area (Å²) in [6.45, 7) is 4.42. The van der Waals surface area contributed by atoms with E-state index >= 15 is 0 Å². The van der Waals surface area contributed by atoms with Crippen molar-refractivity contribution in [2.24, 2.45) is 0 Å². The van der Waals surface area contributed by atoms with Crippen LogP contribution in [0.2, 0.25) is 0 Å². The number of carbonyl (C=O) groups is 2. The third-order valence-corrected chi connectivity index (χ3v) is 0.843. The lowest BCUT2D eigenvalue weighted by molar-refractivity contribution is -0.117. The Morgan fingerprint density at radius 1 is 1.10 bits per heavy atom. The van der Waals surface area contributed by atoms with Gasteiger partial charge in [0.05, 0.1) is 0 Å². The van der Waals surface area contributed by atoms with Crippen LogP contribution in [0.4, 0.5) is 0 Å². The summed E-state index contributed by atoms with van der Waals surface area (Å²) in [6.07, 6.45) is 4.70. The molecule has 0 aliphatic rings. The third-order valence-electron chi connectivity index (χ3n) is 0.843. The predicted octanol–water partition coefficient (Wildman–Crippen LogP) is 1.09. The van der Waals surface area contributed by atoms with Crippen LogP contribution in [0.5, 0.6) is 0 Å². The molecule has 2 amide bonds. The first-order valence-corrected chi connectivity index (χ1v) is 3.46. The highest BCUT2D eigenvalue weighted by Gasteiger charge is 1.68. The number of hydrogen-bond donors (Lipinski definition) is 1. The first-order valence-electron chi connectivity index (χ1n) is 3.46. The normalized spacial score (nSPS) is 7.00. The van der Waals surface area contributed by atoms with Crippen LogP contribution in [0.15, 0.2) is 0 Å². The molecular weight excluding hydrogens is 130 g/mol. The highest BCUT2D eigenvalue weighted by Crippen LogP contribution is 1.88. The summed E-state index contributed by atoms with van der Waals surface area (Å²) in [6, 6.07) is 0. The largest absolute Gasteiger partial charge is 0.302 e. The fourth-order valence-corrected chi connectivity index (χ4v) is 0.381. The number of unbranched alkanes of at least 4 members (excludes halogenated alkanes) is 2. The average Bonchev–Trinajstić information content (AvgIpc) is 1.93. The van der Waals surface area contributed by atoms with Crippen LogP contribution in [0.1, 0.15) is 33.1 Å². The molecule has 0 atom stereocenters. The average molecular weight is 145 g/mol. The second-order valence-corrected chi connectivity index (χ2v) is 1.76. The van der Waals surface area contributed by atoms with E-state index in [0.29, 0.717) is 12.8 Å². The van der Waals surface area contributed by atoms with Gasteiger partial charge in [0.15, 0.2) is 0 Å². The van der Waals surface area contributed by atoms with Crippen molar-refractivity contribution in [1.29, 1.82) is 0 Å². The van der Waals surface area contributed by atoms with Gasteiger partial charge < -0.3 is 5.32 Å². The lowest BCUT2D eigenvalue weighted by atomic mass is 10.3. The van der Waals surface area contributed by atoms with Crippen molar-refractivity contribution in [2.45, 2.75) is 33.1 Å². The third kappa shape index (κ3) is 27.3. The van der Waals surface area contributed by atoms with Crippen LogP contribution in [-0.2, 0) is 9.59 Å². The molecule has 0 radical (unpaired) electrons. The molecule has 0 saturated heterocycles. The van der Waals surface area contributed by atoms with E-state index < -0.39 is 0 Å². The van der Waals surface area contributed by atoms with E-state index in [9.17, 15) is 0 Å². The highest BCUT2D eigenvalue weighted by atomic mass is 16.2. The lowest BCUT2D eigenvalue weighted by Gasteiger charge is -1.79. The maximum absolute atomic E-state index is 9.06. The minimum Gasteiger partial charge on any atom is -0.302 e. The Morgan fingerprint density at radius 3 is 1.50 bits per heavy atom. The van der Waals surface area contributed by atoms with Crippen LogP contribution >= 0.6 is 0 Å². The first kappa shape index (κ1) is 11.9. The molecule has 0 aliphatic heterocycles. The Bertz CT molecular complexity index is 66.0. The minimum atomic E-state index is 0.312. The number of imide groups is 1. The van der Waals surface area contributed by atoms with Crippen LogP contribution < -0.4 is 5.32 Å². The molecule has 0 rings (SSSR count). The maximum atomic E-state index is 9.06. The Morgan fingerprint density at radius 2 is 1.50 bits per heavy atom. The number of amides is 2. The molecule has 0 bridgehead atoms. The van der Waals surface area contributed by atoms with Gasteiger partial charge in [0.1, 0.15) is 0 Å². The van der Waals surface area contributed by atoms with E-state index in [0.717, 1.165) is 0 Å². The molecule has 0 fully saturated rings. The van der Waals surface area contributed by atoms with Crippen LogP contribution in [0.25, 0.3) is 0 Å². The van der Waals surface area contributed by atoms with Gasteiger partial charge >= 0.3 is 0 Å². The molecule has 0 aromatic heterocycles. The Labute approximate surface area is 61.8 Å². The topological polar surface area (TPSA) is 46.2 Å². The van der Waals surface area contributed by atoms with Gasteiger partial charge in [0, 0.05) is 0 Å². The minimum absolute atomic E-state index is 0.312. The summed E-state index contributed by atoms with van der Waals surface area (Å²) < 4.78 is 0. The summed E-state index contributed by atoms with van der Waals surface area (Å²) >= 11 is 0. The second-order valence-electron chi connectivity index (χ2n) is 1.76. The van der Waals surface area contributed by atoms with E-state index in [4.69, 9.17) is 9.59 Å². The van der Waals surface area contributed by atoms with Gasteiger partial charge in [-0.2, -0.15) is 0 Å². The zero-order valence-corrected chi connectivity index (χ0v) is 6.59. The molecule has 3 heteroatoms. The first-order chi connectivity index (χ1) is 4.83. The Balaban J connectivity index is 0. The van der Waals surface area contributed by atoms with Crippen molar-refractivity contribution in [3.63, 3.8) is 0 Å². The van der Waals surface area contributed by atoms with Crippen molar-refractivity contribution in [2.75, 3.05) is 0 Å². The van der Waals surface area contributed by atoms with Gasteiger partial charge in [0.25, 0.3) is 0 Å². The molecule has 0 heterocycles. The van der Waals surface area contributed by atoms with Crippen LogP contribution in [-0.4, -0.2) is 12.8 Å².